The van der Waals surface area contributed by atoms with Crippen LogP contribution in [0.3, 0.4) is 0 Å². The summed E-state index contributed by atoms with van der Waals surface area (Å²) in [6.07, 6.45) is 1.04. The van der Waals surface area contributed by atoms with Crippen molar-refractivity contribution in [1.29, 1.82) is 0 Å². The molecule has 2 N–H and O–H groups in total. The molecule has 1 aliphatic heterocycles. The highest BCUT2D eigenvalue weighted by molar-refractivity contribution is 5.79. The third-order valence-corrected chi connectivity index (χ3v) is 4.83. The van der Waals surface area contributed by atoms with Crippen molar-refractivity contribution < 1.29 is 14.4 Å². The van der Waals surface area contributed by atoms with E-state index in [1.807, 2.05) is 31.2 Å². The molecule has 1 fully saturated rings. The maximum atomic E-state index is 10.8. The van der Waals surface area contributed by atoms with E-state index < -0.39 is 4.92 Å². The molecule has 1 unspecified atom stereocenters. The third kappa shape index (κ3) is 7.04. The molecule has 160 valence electrons. The van der Waals surface area contributed by atoms with Crippen molar-refractivity contribution >= 4 is 11.6 Å². The Bertz CT molecular complexity index is 831. The molecule has 1 aliphatic rings. The fraction of sp³-hybridized carbons (Fsp3) is 0.409. The van der Waals surface area contributed by atoms with Gasteiger partial charge < -0.3 is 20.1 Å². The Labute approximate surface area is 176 Å². The van der Waals surface area contributed by atoms with Gasteiger partial charge in [0.25, 0.3) is 5.69 Å². The standard InChI is InChI=1S/C22H28N4O4/c1-17-2-8-21(9-3-17)30-13-11-23-22(25-15-19-10-12-29-16-19)24-14-18-4-6-20(7-5-18)26(27)28/h2-9,19H,10-16H2,1H3,(H2,23,24,25). The fourth-order valence-corrected chi connectivity index (χ4v) is 3.03. The molecule has 0 amide bonds. The SMILES string of the molecule is Cc1ccc(OCCNC(=NCc2ccc([N+](=O)[O-])cc2)NCC2CCOC2)cc1. The van der Waals surface area contributed by atoms with Crippen LogP contribution in [0.15, 0.2) is 53.5 Å². The maximum Gasteiger partial charge on any atom is 0.269 e. The Morgan fingerprint density at radius 2 is 1.97 bits per heavy atom. The molecule has 2 aromatic rings. The van der Waals surface area contributed by atoms with E-state index in [9.17, 15) is 10.1 Å². The minimum Gasteiger partial charge on any atom is -0.492 e. The number of nitro groups is 1. The molecule has 1 saturated heterocycles. The second kappa shape index (κ2) is 11.2. The van der Waals surface area contributed by atoms with Gasteiger partial charge in [-0.25, -0.2) is 4.99 Å². The maximum absolute atomic E-state index is 10.8. The minimum absolute atomic E-state index is 0.0775. The normalized spacial score (nSPS) is 16.3. The summed E-state index contributed by atoms with van der Waals surface area (Å²) in [6, 6.07) is 14.4. The Kier molecular flexibility index (Phi) is 8.02. The molecule has 0 aliphatic carbocycles. The number of nitro benzene ring substituents is 1. The van der Waals surface area contributed by atoms with Crippen molar-refractivity contribution in [1.82, 2.24) is 10.6 Å². The quantitative estimate of drug-likeness (QED) is 0.216. The topological polar surface area (TPSA) is 98.0 Å². The molecule has 30 heavy (non-hydrogen) atoms. The third-order valence-electron chi connectivity index (χ3n) is 4.83. The molecule has 8 nitrogen and oxygen atoms in total. The van der Waals surface area contributed by atoms with Gasteiger partial charge in [0.2, 0.25) is 0 Å². The lowest BCUT2D eigenvalue weighted by Crippen LogP contribution is -2.41. The molecule has 0 bridgehead atoms. The summed E-state index contributed by atoms with van der Waals surface area (Å²) < 4.78 is 11.2. The van der Waals surface area contributed by atoms with Gasteiger partial charge in [0.1, 0.15) is 12.4 Å². The molecular weight excluding hydrogens is 384 g/mol. The van der Waals surface area contributed by atoms with Crippen LogP contribution in [0.5, 0.6) is 5.75 Å². The average molecular weight is 412 g/mol. The number of hydrogen-bond donors (Lipinski definition) is 2. The zero-order chi connectivity index (χ0) is 21.2. The molecule has 2 aromatic carbocycles. The molecule has 1 heterocycles. The van der Waals surface area contributed by atoms with Gasteiger partial charge in [0.05, 0.1) is 24.6 Å². The first kappa shape index (κ1) is 21.6. The number of aliphatic imine (C=N–C) groups is 1. The van der Waals surface area contributed by atoms with E-state index in [0.29, 0.717) is 31.6 Å². The van der Waals surface area contributed by atoms with Gasteiger partial charge in [0.15, 0.2) is 5.96 Å². The van der Waals surface area contributed by atoms with Crippen molar-refractivity contribution in [2.45, 2.75) is 19.9 Å². The first-order valence-electron chi connectivity index (χ1n) is 10.1. The van der Waals surface area contributed by atoms with Crippen LogP contribution in [0.2, 0.25) is 0 Å². The second-order valence-corrected chi connectivity index (χ2v) is 7.29. The van der Waals surface area contributed by atoms with Crippen LogP contribution < -0.4 is 15.4 Å². The van der Waals surface area contributed by atoms with E-state index >= 15 is 0 Å². The zero-order valence-electron chi connectivity index (χ0n) is 17.2. The Morgan fingerprint density at radius 1 is 1.20 bits per heavy atom. The summed E-state index contributed by atoms with van der Waals surface area (Å²) in [5, 5.41) is 17.4. The van der Waals surface area contributed by atoms with Crippen LogP contribution in [-0.2, 0) is 11.3 Å². The number of ether oxygens (including phenoxy) is 2. The van der Waals surface area contributed by atoms with Gasteiger partial charge in [-0.3, -0.25) is 10.1 Å². The van der Waals surface area contributed by atoms with Crippen molar-refractivity contribution in [2.75, 3.05) is 32.9 Å². The summed E-state index contributed by atoms with van der Waals surface area (Å²) in [5.41, 5.74) is 2.18. The minimum atomic E-state index is -0.403. The molecule has 8 heteroatoms. The van der Waals surface area contributed by atoms with Crippen LogP contribution in [0, 0.1) is 23.0 Å². The van der Waals surface area contributed by atoms with E-state index in [1.54, 1.807) is 12.1 Å². The van der Waals surface area contributed by atoms with Gasteiger partial charge >= 0.3 is 0 Å². The van der Waals surface area contributed by atoms with Crippen LogP contribution in [0.1, 0.15) is 17.5 Å². The van der Waals surface area contributed by atoms with Gasteiger partial charge in [-0.15, -0.1) is 0 Å². The Hall–Kier alpha value is -3.13. The smallest absolute Gasteiger partial charge is 0.269 e. The number of hydrogen-bond acceptors (Lipinski definition) is 5. The number of nitrogens with zero attached hydrogens (tertiary/aromatic N) is 2. The zero-order valence-corrected chi connectivity index (χ0v) is 17.2. The van der Waals surface area contributed by atoms with Crippen LogP contribution in [0.25, 0.3) is 0 Å². The second-order valence-electron chi connectivity index (χ2n) is 7.29. The first-order chi connectivity index (χ1) is 14.6. The number of benzene rings is 2. The lowest BCUT2D eigenvalue weighted by molar-refractivity contribution is -0.384. The Balaban J connectivity index is 1.52. The highest BCUT2D eigenvalue weighted by Crippen LogP contribution is 2.13. The summed E-state index contributed by atoms with van der Waals surface area (Å²) in [6.45, 7) is 5.92. The van der Waals surface area contributed by atoms with Crippen LogP contribution >= 0.6 is 0 Å². The largest absolute Gasteiger partial charge is 0.492 e. The molecular formula is C22H28N4O4. The summed E-state index contributed by atoms with van der Waals surface area (Å²) in [7, 11) is 0. The fourth-order valence-electron chi connectivity index (χ4n) is 3.03. The highest BCUT2D eigenvalue weighted by Gasteiger charge is 2.15. The van der Waals surface area contributed by atoms with Gasteiger partial charge in [-0.2, -0.15) is 0 Å². The number of nitrogens with one attached hydrogen (secondary N) is 2. The first-order valence-corrected chi connectivity index (χ1v) is 10.1. The van der Waals surface area contributed by atoms with Crippen molar-refractivity contribution in [2.24, 2.45) is 10.9 Å². The van der Waals surface area contributed by atoms with Crippen molar-refractivity contribution in [3.05, 3.63) is 69.8 Å². The van der Waals surface area contributed by atoms with Gasteiger partial charge in [-0.1, -0.05) is 29.8 Å². The number of aryl methyl sites for hydroxylation is 1. The average Bonchev–Trinajstić information content (AvgIpc) is 3.27. The van der Waals surface area contributed by atoms with E-state index in [1.165, 1.54) is 17.7 Å². The highest BCUT2D eigenvalue weighted by atomic mass is 16.6. The number of rotatable bonds is 9. The molecule has 1 atom stereocenters. The van der Waals surface area contributed by atoms with Crippen molar-refractivity contribution in [3.8, 4) is 5.75 Å². The van der Waals surface area contributed by atoms with E-state index in [2.05, 4.69) is 15.6 Å². The number of guanidine groups is 1. The van der Waals surface area contributed by atoms with E-state index in [-0.39, 0.29) is 5.69 Å². The molecule has 0 saturated carbocycles. The van der Waals surface area contributed by atoms with Gasteiger partial charge in [0, 0.05) is 31.2 Å². The van der Waals surface area contributed by atoms with Gasteiger partial charge in [-0.05, 0) is 31.0 Å². The molecule has 0 radical (unpaired) electrons. The monoisotopic (exact) mass is 412 g/mol. The predicted octanol–water partition coefficient (Wildman–Crippen LogP) is 3.05. The summed E-state index contributed by atoms with van der Waals surface area (Å²) >= 11 is 0. The lowest BCUT2D eigenvalue weighted by atomic mass is 10.1. The lowest BCUT2D eigenvalue weighted by Gasteiger charge is -2.15. The Morgan fingerprint density at radius 3 is 2.63 bits per heavy atom. The molecule has 3 rings (SSSR count). The van der Waals surface area contributed by atoms with Crippen LogP contribution in [0.4, 0.5) is 5.69 Å². The summed E-state index contributed by atoms with van der Waals surface area (Å²) in [5.74, 6) is 2.00. The molecule has 0 aromatic heterocycles. The van der Waals surface area contributed by atoms with Crippen molar-refractivity contribution in [3.63, 3.8) is 0 Å². The predicted molar refractivity (Wildman–Crippen MR) is 116 cm³/mol. The summed E-state index contributed by atoms with van der Waals surface area (Å²) in [4.78, 5) is 15.0. The van der Waals surface area contributed by atoms with Crippen LogP contribution in [-0.4, -0.2) is 43.8 Å². The van der Waals surface area contributed by atoms with E-state index in [4.69, 9.17) is 9.47 Å². The van der Waals surface area contributed by atoms with E-state index in [0.717, 1.165) is 37.5 Å². The molecule has 0 spiro atoms. The number of non-ortho nitro benzene ring substituents is 1.